The van der Waals surface area contributed by atoms with Gasteiger partial charge in [-0.3, -0.25) is 13.7 Å². The number of hydrogen-bond donors (Lipinski definition) is 7. The van der Waals surface area contributed by atoms with Crippen LogP contribution in [0, 0.1) is 13.8 Å². The quantitative estimate of drug-likeness (QED) is 0.0418. The van der Waals surface area contributed by atoms with Gasteiger partial charge in [-0.2, -0.15) is 40.2 Å². The van der Waals surface area contributed by atoms with E-state index in [1.807, 2.05) is 0 Å². The highest BCUT2D eigenvalue weighted by Crippen LogP contribution is 2.42. The molecule has 8 N–H and O–H groups in total. The molecule has 49 heavy (non-hydrogen) atoms. The monoisotopic (exact) mass is 762 g/mol. The molecule has 0 saturated heterocycles. The molecule has 0 aliphatic heterocycles. The average Bonchev–Trinajstić information content (AvgIpc) is 2.95. The molecule has 20 nitrogen and oxygen atoms in total. The summed E-state index contributed by atoms with van der Waals surface area (Å²) in [6.45, 7) is 2.73. The summed E-state index contributed by atoms with van der Waals surface area (Å²) in [7, 11) is -14.9. The Bertz CT molecular complexity index is 2290. The summed E-state index contributed by atoms with van der Waals surface area (Å²) in [6.07, 6.45) is 0. The maximum atomic E-state index is 12.4. The Labute approximate surface area is 283 Å². The molecule has 4 rings (SSSR count). The molecular formula is C25H27ClN8O12S3. The maximum absolute atomic E-state index is 12.4. The zero-order valence-electron chi connectivity index (χ0n) is 25.2. The van der Waals surface area contributed by atoms with Gasteiger partial charge in [0.05, 0.1) is 36.6 Å². The van der Waals surface area contributed by atoms with Crippen molar-refractivity contribution in [3.63, 3.8) is 0 Å². The standard InChI is InChI=1S/C25H27ClN8O12S3/c1-12-7-14-9-13(2)21(27)22(20(14)17(35)8-12)34-33-16-11-18(47(36,37)38)15(10-19(16)48(39,40)41)29-25-31-23(26)30-24(32-25)28-3-4-45-5-6-46-49(42,43)44/h7-11,35H,3-6,27H2,1-2H3,(H,36,37,38)(H,39,40,41)(H,42,43,44)(H2,28,29,30,31,32). The number of anilines is 4. The van der Waals surface area contributed by atoms with E-state index in [4.69, 9.17) is 26.6 Å². The molecule has 1 aromatic heterocycles. The number of benzene rings is 3. The number of phenols is 1. The van der Waals surface area contributed by atoms with Crippen LogP contribution in [0.25, 0.3) is 10.8 Å². The van der Waals surface area contributed by atoms with E-state index in [0.717, 1.165) is 0 Å². The van der Waals surface area contributed by atoms with Gasteiger partial charge < -0.3 is 26.2 Å². The Balaban J connectivity index is 1.69. The number of nitrogen functional groups attached to an aromatic ring is 1. The molecule has 264 valence electrons. The Kier molecular flexibility index (Phi) is 11.2. The first-order valence-electron chi connectivity index (χ1n) is 13.4. The Hall–Kier alpha value is -4.33. The van der Waals surface area contributed by atoms with E-state index in [0.29, 0.717) is 28.6 Å². The van der Waals surface area contributed by atoms with E-state index < -0.39 is 69.6 Å². The first-order valence-corrected chi connectivity index (χ1v) is 18.0. The fourth-order valence-electron chi connectivity index (χ4n) is 4.29. The molecular weight excluding hydrogens is 736 g/mol. The first-order chi connectivity index (χ1) is 22.7. The molecule has 3 aromatic carbocycles. The van der Waals surface area contributed by atoms with Crippen molar-refractivity contribution in [3.05, 3.63) is 46.7 Å². The third-order valence-corrected chi connectivity index (χ3v) is 8.71. The summed E-state index contributed by atoms with van der Waals surface area (Å²) >= 11 is 5.95. The molecule has 0 spiro atoms. The minimum Gasteiger partial charge on any atom is -0.507 e. The second-order valence-electron chi connectivity index (χ2n) is 9.97. The molecule has 24 heteroatoms. The van der Waals surface area contributed by atoms with Crippen LogP contribution in [0.2, 0.25) is 5.28 Å². The highest BCUT2D eigenvalue weighted by Gasteiger charge is 2.26. The van der Waals surface area contributed by atoms with E-state index in [-0.39, 0.29) is 48.2 Å². The number of nitrogens with zero attached hydrogens (tertiary/aromatic N) is 5. The molecule has 0 fully saturated rings. The van der Waals surface area contributed by atoms with Crippen LogP contribution in [-0.4, -0.2) is 85.3 Å². The lowest BCUT2D eigenvalue weighted by Gasteiger charge is -2.14. The normalized spacial score (nSPS) is 12.5. The van der Waals surface area contributed by atoms with Crippen molar-refractivity contribution in [2.24, 2.45) is 10.2 Å². The SMILES string of the molecule is Cc1cc(O)c2c(N=Nc3cc(S(=O)(=O)O)c(Nc4nc(Cl)nc(NCCOCCOS(=O)(=O)O)n4)cc3S(=O)(=O)O)c(N)c(C)cc2c1. The van der Waals surface area contributed by atoms with Crippen molar-refractivity contribution in [2.75, 3.05) is 42.7 Å². The van der Waals surface area contributed by atoms with E-state index in [9.17, 15) is 39.5 Å². The molecule has 0 saturated carbocycles. The highest BCUT2D eigenvalue weighted by molar-refractivity contribution is 7.86. The predicted octanol–water partition coefficient (Wildman–Crippen LogP) is 3.48. The zero-order valence-corrected chi connectivity index (χ0v) is 28.4. The van der Waals surface area contributed by atoms with Gasteiger partial charge in [-0.05, 0) is 66.2 Å². The van der Waals surface area contributed by atoms with E-state index >= 15 is 0 Å². The lowest BCUT2D eigenvalue weighted by atomic mass is 10.0. The van der Waals surface area contributed by atoms with E-state index in [1.165, 1.54) is 6.07 Å². The number of aromatic nitrogens is 3. The largest absolute Gasteiger partial charge is 0.507 e. The molecule has 0 aliphatic rings. The fraction of sp³-hybridized carbons (Fsp3) is 0.240. The second kappa shape index (κ2) is 14.7. The summed E-state index contributed by atoms with van der Waals surface area (Å²) in [6, 6.07) is 6.08. The summed E-state index contributed by atoms with van der Waals surface area (Å²) in [4.78, 5) is 9.69. The van der Waals surface area contributed by atoms with Crippen molar-refractivity contribution >= 4 is 87.7 Å². The Morgan fingerprint density at radius 2 is 1.53 bits per heavy atom. The highest BCUT2D eigenvalue weighted by atomic mass is 35.5. The van der Waals surface area contributed by atoms with Crippen molar-refractivity contribution in [3.8, 4) is 5.75 Å². The fourth-order valence-corrected chi connectivity index (χ4v) is 6.01. The summed E-state index contributed by atoms with van der Waals surface area (Å²) in [5.74, 6) is -0.850. The summed E-state index contributed by atoms with van der Waals surface area (Å²) < 4.78 is 109. The molecule has 0 aliphatic carbocycles. The summed E-state index contributed by atoms with van der Waals surface area (Å²) in [5, 5.41) is 23.8. The van der Waals surface area contributed by atoms with Gasteiger partial charge in [-0.1, -0.05) is 6.07 Å². The number of hydrogen-bond acceptors (Lipinski definition) is 17. The minimum atomic E-state index is -5.15. The Morgan fingerprint density at radius 1 is 0.857 bits per heavy atom. The molecule has 1 heterocycles. The van der Waals surface area contributed by atoms with Gasteiger partial charge in [0.25, 0.3) is 20.2 Å². The predicted molar refractivity (Wildman–Crippen MR) is 175 cm³/mol. The molecule has 0 radical (unpaired) electrons. The van der Waals surface area contributed by atoms with Crippen LogP contribution in [0.3, 0.4) is 0 Å². The van der Waals surface area contributed by atoms with Gasteiger partial charge in [0, 0.05) is 6.54 Å². The third-order valence-electron chi connectivity index (χ3n) is 6.30. The second-order valence-corrected chi connectivity index (χ2v) is 14.2. The lowest BCUT2D eigenvalue weighted by Crippen LogP contribution is -2.16. The van der Waals surface area contributed by atoms with Crippen molar-refractivity contribution < 1.29 is 52.9 Å². The zero-order chi connectivity index (χ0) is 36.3. The van der Waals surface area contributed by atoms with Gasteiger partial charge >= 0.3 is 10.4 Å². The van der Waals surface area contributed by atoms with Gasteiger partial charge in [0.2, 0.25) is 17.2 Å². The van der Waals surface area contributed by atoms with Gasteiger partial charge in [-0.25, -0.2) is 4.18 Å². The number of nitrogens with one attached hydrogen (secondary N) is 2. The van der Waals surface area contributed by atoms with Crippen LogP contribution >= 0.6 is 11.6 Å². The number of phenolic OH excluding ortho intramolecular Hbond substituents is 1. The van der Waals surface area contributed by atoms with Gasteiger partial charge in [-0.15, -0.1) is 10.2 Å². The molecule has 0 bridgehead atoms. The first kappa shape index (κ1) is 37.5. The topological polar surface area (TPSA) is 315 Å². The number of rotatable bonds is 14. The van der Waals surface area contributed by atoms with Crippen LogP contribution < -0.4 is 16.4 Å². The van der Waals surface area contributed by atoms with E-state index in [2.05, 4.69) is 40.0 Å². The molecule has 0 unspecified atom stereocenters. The summed E-state index contributed by atoms with van der Waals surface area (Å²) in [5.41, 5.74) is 6.04. The third kappa shape index (κ3) is 9.87. The number of fused-ring (bicyclic) bond motifs is 1. The van der Waals surface area contributed by atoms with Crippen LogP contribution in [-0.2, 0) is 39.6 Å². The molecule has 0 atom stereocenters. The van der Waals surface area contributed by atoms with Crippen LogP contribution in [0.1, 0.15) is 11.1 Å². The average molecular weight is 763 g/mol. The number of nitrogens with two attached hydrogens (primary N) is 1. The number of aryl methyl sites for hydroxylation is 2. The van der Waals surface area contributed by atoms with Crippen molar-refractivity contribution in [1.29, 1.82) is 0 Å². The molecule has 4 aromatic rings. The Morgan fingerprint density at radius 3 is 2.18 bits per heavy atom. The maximum Gasteiger partial charge on any atom is 0.397 e. The van der Waals surface area contributed by atoms with Gasteiger partial charge in [0.1, 0.15) is 26.9 Å². The van der Waals surface area contributed by atoms with Crippen molar-refractivity contribution in [1.82, 2.24) is 15.0 Å². The lowest BCUT2D eigenvalue weighted by molar-refractivity contribution is 0.104. The number of ether oxygens (including phenoxy) is 1. The molecule has 0 amide bonds. The smallest absolute Gasteiger partial charge is 0.397 e. The van der Waals surface area contributed by atoms with Gasteiger partial charge in [0.15, 0.2) is 0 Å². The van der Waals surface area contributed by atoms with Crippen LogP contribution in [0.15, 0.2) is 50.4 Å². The minimum absolute atomic E-state index is 0.0205. The van der Waals surface area contributed by atoms with Crippen LogP contribution in [0.4, 0.5) is 34.6 Å². The van der Waals surface area contributed by atoms with E-state index in [1.54, 1.807) is 26.0 Å². The number of azo groups is 1. The number of halogens is 1. The number of aromatic hydroxyl groups is 1. The van der Waals surface area contributed by atoms with Crippen LogP contribution in [0.5, 0.6) is 5.75 Å². The van der Waals surface area contributed by atoms with Crippen molar-refractivity contribution in [2.45, 2.75) is 23.6 Å².